The first-order chi connectivity index (χ1) is 15.4. The Labute approximate surface area is 188 Å². The summed E-state index contributed by atoms with van der Waals surface area (Å²) in [6.07, 6.45) is 0. The summed E-state index contributed by atoms with van der Waals surface area (Å²) in [7, 11) is -3.74. The molecule has 0 unspecified atom stereocenters. The maximum Gasteiger partial charge on any atom is 0.261 e. The Hall–Kier alpha value is -3.77. The highest BCUT2D eigenvalue weighted by Crippen LogP contribution is 2.28. The number of benzene rings is 4. The number of rotatable bonds is 7. The maximum atomic E-state index is 12.8. The number of hydrogen-bond acceptors (Lipinski definition) is 4. The standard InChI is InChI=1S/C26H23NO4S/c1-19-7-3-5-9-25(19)30-22-13-11-21(12-14-22)27-32(28,29)24-17-15-23(16-18-24)31-26-10-6-4-8-20(26)2/h3-18,27H,1-2H3. The van der Waals surface area contributed by atoms with E-state index in [1.807, 2.05) is 62.4 Å². The second-order valence-electron chi connectivity index (χ2n) is 7.34. The van der Waals surface area contributed by atoms with E-state index in [9.17, 15) is 8.42 Å². The van der Waals surface area contributed by atoms with E-state index in [2.05, 4.69) is 4.72 Å². The van der Waals surface area contributed by atoms with Gasteiger partial charge in [-0.1, -0.05) is 36.4 Å². The van der Waals surface area contributed by atoms with E-state index in [-0.39, 0.29) is 4.90 Å². The van der Waals surface area contributed by atoms with Crippen LogP contribution in [0.3, 0.4) is 0 Å². The molecule has 0 aliphatic rings. The number of anilines is 1. The van der Waals surface area contributed by atoms with Crippen LogP contribution >= 0.6 is 0 Å². The Morgan fingerprint density at radius 3 is 1.50 bits per heavy atom. The summed E-state index contributed by atoms with van der Waals surface area (Å²) in [5, 5.41) is 0. The fraction of sp³-hybridized carbons (Fsp3) is 0.0769. The highest BCUT2D eigenvalue weighted by Gasteiger charge is 2.15. The molecule has 4 rings (SSSR count). The second-order valence-corrected chi connectivity index (χ2v) is 9.02. The van der Waals surface area contributed by atoms with Crippen LogP contribution in [0.15, 0.2) is 102 Å². The summed E-state index contributed by atoms with van der Waals surface area (Å²) in [6.45, 7) is 3.92. The van der Waals surface area contributed by atoms with E-state index in [1.54, 1.807) is 36.4 Å². The van der Waals surface area contributed by atoms with Crippen LogP contribution in [0.2, 0.25) is 0 Å². The predicted octanol–water partition coefficient (Wildman–Crippen LogP) is 6.69. The molecule has 0 saturated carbocycles. The average Bonchev–Trinajstić information content (AvgIpc) is 2.78. The molecule has 6 heteroatoms. The van der Waals surface area contributed by atoms with Gasteiger partial charge in [0.05, 0.1) is 4.90 Å². The Bertz CT molecular complexity index is 1310. The van der Waals surface area contributed by atoms with Gasteiger partial charge in [-0.05, 0) is 85.6 Å². The number of para-hydroxylation sites is 2. The van der Waals surface area contributed by atoms with Crippen molar-refractivity contribution in [1.82, 2.24) is 0 Å². The molecule has 0 heterocycles. The summed E-state index contributed by atoms with van der Waals surface area (Å²) in [4.78, 5) is 0.148. The highest BCUT2D eigenvalue weighted by atomic mass is 32.2. The van der Waals surface area contributed by atoms with Crippen molar-refractivity contribution < 1.29 is 17.9 Å². The van der Waals surface area contributed by atoms with Gasteiger partial charge in [0.15, 0.2) is 0 Å². The van der Waals surface area contributed by atoms with Crippen molar-refractivity contribution in [3.05, 3.63) is 108 Å². The van der Waals surface area contributed by atoms with E-state index in [4.69, 9.17) is 9.47 Å². The molecule has 0 saturated heterocycles. The zero-order chi connectivity index (χ0) is 22.6. The first kappa shape index (κ1) is 21.5. The third-order valence-corrected chi connectivity index (χ3v) is 6.28. The lowest BCUT2D eigenvalue weighted by Crippen LogP contribution is -2.12. The predicted molar refractivity (Wildman–Crippen MR) is 126 cm³/mol. The summed E-state index contributed by atoms with van der Waals surface area (Å²) in [5.74, 6) is 2.68. The van der Waals surface area contributed by atoms with Gasteiger partial charge in [-0.2, -0.15) is 0 Å². The molecule has 1 N–H and O–H groups in total. The highest BCUT2D eigenvalue weighted by molar-refractivity contribution is 7.92. The molecule has 0 spiro atoms. The van der Waals surface area contributed by atoms with Gasteiger partial charge < -0.3 is 9.47 Å². The molecule has 162 valence electrons. The third kappa shape index (κ3) is 5.10. The lowest BCUT2D eigenvalue weighted by Gasteiger charge is -2.12. The fourth-order valence-corrected chi connectivity index (χ4v) is 4.15. The zero-order valence-electron chi connectivity index (χ0n) is 17.8. The van der Waals surface area contributed by atoms with Gasteiger partial charge in [-0.3, -0.25) is 4.72 Å². The molecule has 0 aliphatic carbocycles. The van der Waals surface area contributed by atoms with Gasteiger partial charge in [0, 0.05) is 5.69 Å². The first-order valence-electron chi connectivity index (χ1n) is 10.1. The normalized spacial score (nSPS) is 11.1. The van der Waals surface area contributed by atoms with Gasteiger partial charge in [0.1, 0.15) is 23.0 Å². The van der Waals surface area contributed by atoms with Crippen LogP contribution in [0.5, 0.6) is 23.0 Å². The van der Waals surface area contributed by atoms with Crippen molar-refractivity contribution in [2.24, 2.45) is 0 Å². The van der Waals surface area contributed by atoms with Gasteiger partial charge in [-0.25, -0.2) is 8.42 Å². The molecule has 4 aromatic carbocycles. The fourth-order valence-electron chi connectivity index (χ4n) is 3.09. The minimum atomic E-state index is -3.74. The van der Waals surface area contributed by atoms with Crippen molar-refractivity contribution in [3.8, 4) is 23.0 Å². The van der Waals surface area contributed by atoms with Crippen LogP contribution in [0.1, 0.15) is 11.1 Å². The smallest absolute Gasteiger partial charge is 0.261 e. The Balaban J connectivity index is 1.43. The largest absolute Gasteiger partial charge is 0.457 e. The molecule has 0 aliphatic heterocycles. The van der Waals surface area contributed by atoms with Gasteiger partial charge in [0.2, 0.25) is 0 Å². The SMILES string of the molecule is Cc1ccccc1Oc1ccc(NS(=O)(=O)c2ccc(Oc3ccccc3C)cc2)cc1. The molecule has 4 aromatic rings. The number of hydrogen-bond donors (Lipinski definition) is 1. The second kappa shape index (κ2) is 9.16. The number of sulfonamides is 1. The molecule has 0 aromatic heterocycles. The molecule has 0 bridgehead atoms. The topological polar surface area (TPSA) is 64.6 Å². The minimum Gasteiger partial charge on any atom is -0.457 e. The summed E-state index contributed by atoms with van der Waals surface area (Å²) < 4.78 is 39.8. The van der Waals surface area contributed by atoms with Crippen LogP contribution < -0.4 is 14.2 Å². The molecular formula is C26H23NO4S. The monoisotopic (exact) mass is 445 g/mol. The van der Waals surface area contributed by atoms with E-state index < -0.39 is 10.0 Å². The summed E-state index contributed by atoms with van der Waals surface area (Å²) in [6, 6.07) is 28.5. The van der Waals surface area contributed by atoms with Crippen LogP contribution in [-0.4, -0.2) is 8.42 Å². The van der Waals surface area contributed by atoms with Gasteiger partial charge in [-0.15, -0.1) is 0 Å². The minimum absolute atomic E-state index is 0.148. The van der Waals surface area contributed by atoms with Gasteiger partial charge >= 0.3 is 0 Å². The average molecular weight is 446 g/mol. The van der Waals surface area contributed by atoms with Crippen molar-refractivity contribution in [2.75, 3.05) is 4.72 Å². The van der Waals surface area contributed by atoms with Crippen LogP contribution in [0.25, 0.3) is 0 Å². The summed E-state index contributed by atoms with van der Waals surface area (Å²) in [5.41, 5.74) is 2.47. The number of ether oxygens (including phenoxy) is 2. The van der Waals surface area contributed by atoms with Crippen molar-refractivity contribution >= 4 is 15.7 Å². The zero-order valence-corrected chi connectivity index (χ0v) is 18.6. The van der Waals surface area contributed by atoms with Crippen molar-refractivity contribution in [2.45, 2.75) is 18.7 Å². The lowest BCUT2D eigenvalue weighted by molar-refractivity contribution is 0.478. The molecule has 0 amide bonds. The Morgan fingerprint density at radius 1 is 0.594 bits per heavy atom. The Kier molecular flexibility index (Phi) is 6.14. The lowest BCUT2D eigenvalue weighted by atomic mass is 10.2. The van der Waals surface area contributed by atoms with Crippen molar-refractivity contribution in [1.29, 1.82) is 0 Å². The van der Waals surface area contributed by atoms with Gasteiger partial charge in [0.25, 0.3) is 10.0 Å². The van der Waals surface area contributed by atoms with E-state index >= 15 is 0 Å². The number of aryl methyl sites for hydroxylation is 2. The molecular weight excluding hydrogens is 422 g/mol. The van der Waals surface area contributed by atoms with Crippen LogP contribution in [0.4, 0.5) is 5.69 Å². The molecule has 0 atom stereocenters. The quantitative estimate of drug-likeness (QED) is 0.344. The summed E-state index contributed by atoms with van der Waals surface area (Å²) >= 11 is 0. The van der Waals surface area contributed by atoms with E-state index in [0.29, 0.717) is 17.2 Å². The maximum absolute atomic E-state index is 12.8. The van der Waals surface area contributed by atoms with Crippen LogP contribution in [0, 0.1) is 13.8 Å². The van der Waals surface area contributed by atoms with E-state index in [0.717, 1.165) is 22.6 Å². The third-order valence-electron chi connectivity index (χ3n) is 4.88. The van der Waals surface area contributed by atoms with Crippen LogP contribution in [-0.2, 0) is 10.0 Å². The number of nitrogens with one attached hydrogen (secondary N) is 1. The Morgan fingerprint density at radius 2 is 1.03 bits per heavy atom. The molecule has 5 nitrogen and oxygen atoms in total. The molecule has 32 heavy (non-hydrogen) atoms. The van der Waals surface area contributed by atoms with E-state index in [1.165, 1.54) is 12.1 Å². The molecule has 0 radical (unpaired) electrons. The van der Waals surface area contributed by atoms with Crippen molar-refractivity contribution in [3.63, 3.8) is 0 Å². The molecule has 0 fully saturated rings. The first-order valence-corrected chi connectivity index (χ1v) is 11.6.